The minimum atomic E-state index is -0.0540. The molecule has 4 aromatic rings. The van der Waals surface area contributed by atoms with Gasteiger partial charge in [-0.3, -0.25) is 9.69 Å². The molecule has 0 fully saturated rings. The maximum absolute atomic E-state index is 13.0. The molecular weight excluding hydrogens is 354 g/mol. The monoisotopic (exact) mass is 375 g/mol. The molecule has 0 saturated carbocycles. The van der Waals surface area contributed by atoms with Crippen LogP contribution in [0.1, 0.15) is 11.1 Å². The fourth-order valence-electron chi connectivity index (χ4n) is 3.21. The summed E-state index contributed by atoms with van der Waals surface area (Å²) in [5.74, 6) is 0. The number of hydrogen-bond donors (Lipinski definition) is 0. The molecular formula is C22H21N3OS. The van der Waals surface area contributed by atoms with Crippen LogP contribution in [-0.2, 0) is 13.2 Å². The van der Waals surface area contributed by atoms with Crippen molar-refractivity contribution in [2.45, 2.75) is 20.1 Å². The standard InChI is InChI=1S/C22H21N3OS/c1-16-9-11-17(12-10-16)14-24(2)15-25-22(26)19-7-4-3-6-18(19)21(23-25)20-8-5-13-27-20/h3-13H,14-15H2,1-2H3. The minimum Gasteiger partial charge on any atom is -0.283 e. The fraction of sp³-hybridized carbons (Fsp3) is 0.182. The number of aromatic nitrogens is 2. The molecule has 0 aliphatic heterocycles. The summed E-state index contributed by atoms with van der Waals surface area (Å²) in [6, 6.07) is 20.2. The fourth-order valence-corrected chi connectivity index (χ4v) is 3.93. The molecule has 0 atom stereocenters. The van der Waals surface area contributed by atoms with E-state index in [0.29, 0.717) is 12.1 Å². The van der Waals surface area contributed by atoms with E-state index in [9.17, 15) is 4.79 Å². The highest BCUT2D eigenvalue weighted by atomic mass is 32.1. The number of fused-ring (bicyclic) bond motifs is 1. The molecule has 4 rings (SSSR count). The summed E-state index contributed by atoms with van der Waals surface area (Å²) in [4.78, 5) is 16.1. The van der Waals surface area contributed by atoms with Crippen molar-refractivity contribution in [1.29, 1.82) is 0 Å². The van der Waals surface area contributed by atoms with Gasteiger partial charge in [-0.05, 0) is 37.0 Å². The van der Waals surface area contributed by atoms with E-state index < -0.39 is 0 Å². The van der Waals surface area contributed by atoms with E-state index in [0.717, 1.165) is 22.5 Å². The van der Waals surface area contributed by atoms with E-state index in [-0.39, 0.29) is 5.56 Å². The number of aryl methyl sites for hydroxylation is 1. The lowest BCUT2D eigenvalue weighted by atomic mass is 10.1. The second kappa shape index (κ2) is 7.47. The molecule has 136 valence electrons. The van der Waals surface area contributed by atoms with Crippen LogP contribution >= 0.6 is 11.3 Å². The highest BCUT2D eigenvalue weighted by molar-refractivity contribution is 7.13. The molecule has 0 radical (unpaired) electrons. The summed E-state index contributed by atoms with van der Waals surface area (Å²) in [6.07, 6.45) is 0. The molecule has 27 heavy (non-hydrogen) atoms. The van der Waals surface area contributed by atoms with Crippen LogP contribution in [0.2, 0.25) is 0 Å². The van der Waals surface area contributed by atoms with Crippen molar-refractivity contribution in [3.8, 4) is 10.6 Å². The van der Waals surface area contributed by atoms with Gasteiger partial charge in [-0.25, -0.2) is 4.68 Å². The van der Waals surface area contributed by atoms with Gasteiger partial charge < -0.3 is 0 Å². The van der Waals surface area contributed by atoms with Crippen LogP contribution in [0.4, 0.5) is 0 Å². The second-order valence-corrected chi connectivity index (χ2v) is 7.77. The van der Waals surface area contributed by atoms with Crippen molar-refractivity contribution in [2.24, 2.45) is 0 Å². The van der Waals surface area contributed by atoms with Gasteiger partial charge in [-0.15, -0.1) is 11.3 Å². The summed E-state index contributed by atoms with van der Waals surface area (Å²) in [5.41, 5.74) is 3.27. The normalized spacial score (nSPS) is 11.4. The third-order valence-electron chi connectivity index (χ3n) is 4.57. The molecule has 0 aliphatic carbocycles. The Kier molecular flexibility index (Phi) is 4.88. The van der Waals surface area contributed by atoms with Gasteiger partial charge in [0.15, 0.2) is 0 Å². The summed E-state index contributed by atoms with van der Waals surface area (Å²) in [7, 11) is 2.01. The van der Waals surface area contributed by atoms with Crippen molar-refractivity contribution in [2.75, 3.05) is 7.05 Å². The third-order valence-corrected chi connectivity index (χ3v) is 5.45. The van der Waals surface area contributed by atoms with Gasteiger partial charge in [0.25, 0.3) is 5.56 Å². The van der Waals surface area contributed by atoms with Crippen LogP contribution in [0.15, 0.2) is 70.8 Å². The zero-order chi connectivity index (χ0) is 18.8. The van der Waals surface area contributed by atoms with E-state index in [1.807, 2.05) is 48.8 Å². The van der Waals surface area contributed by atoms with Crippen LogP contribution in [0.3, 0.4) is 0 Å². The lowest BCUT2D eigenvalue weighted by molar-refractivity contribution is 0.241. The Hall–Kier alpha value is -2.76. The van der Waals surface area contributed by atoms with Crippen LogP contribution in [0, 0.1) is 6.92 Å². The van der Waals surface area contributed by atoms with E-state index >= 15 is 0 Å². The van der Waals surface area contributed by atoms with Gasteiger partial charge in [-0.1, -0.05) is 54.1 Å². The van der Waals surface area contributed by atoms with E-state index in [2.05, 4.69) is 36.1 Å². The quantitative estimate of drug-likeness (QED) is 0.515. The van der Waals surface area contributed by atoms with Gasteiger partial charge in [-0.2, -0.15) is 5.10 Å². The number of thiophene rings is 1. The van der Waals surface area contributed by atoms with Crippen molar-refractivity contribution in [3.63, 3.8) is 0 Å². The zero-order valence-electron chi connectivity index (χ0n) is 15.4. The largest absolute Gasteiger partial charge is 0.283 e. The van der Waals surface area contributed by atoms with Gasteiger partial charge in [0.2, 0.25) is 0 Å². The predicted octanol–water partition coefficient (Wildman–Crippen LogP) is 4.52. The number of nitrogens with zero attached hydrogens (tertiary/aromatic N) is 3. The summed E-state index contributed by atoms with van der Waals surface area (Å²) >= 11 is 1.64. The second-order valence-electron chi connectivity index (χ2n) is 6.82. The van der Waals surface area contributed by atoms with Crippen molar-refractivity contribution in [1.82, 2.24) is 14.7 Å². The van der Waals surface area contributed by atoms with Crippen molar-refractivity contribution < 1.29 is 0 Å². The summed E-state index contributed by atoms with van der Waals surface area (Å²) < 4.78 is 1.57. The smallest absolute Gasteiger partial charge is 0.275 e. The Bertz CT molecular complexity index is 1110. The molecule has 2 aromatic carbocycles. The van der Waals surface area contributed by atoms with Crippen molar-refractivity contribution in [3.05, 3.63) is 87.5 Å². The van der Waals surface area contributed by atoms with Crippen LogP contribution in [0.25, 0.3) is 21.3 Å². The SMILES string of the molecule is Cc1ccc(CN(C)Cn2nc(-c3cccs3)c3ccccc3c2=O)cc1. The van der Waals surface area contributed by atoms with E-state index in [4.69, 9.17) is 5.10 Å². The van der Waals surface area contributed by atoms with Crippen LogP contribution < -0.4 is 5.56 Å². The molecule has 0 spiro atoms. The van der Waals surface area contributed by atoms with E-state index in [1.165, 1.54) is 11.1 Å². The predicted molar refractivity (Wildman–Crippen MR) is 112 cm³/mol. The lowest BCUT2D eigenvalue weighted by Crippen LogP contribution is -2.31. The highest BCUT2D eigenvalue weighted by Gasteiger charge is 2.13. The molecule has 0 N–H and O–H groups in total. The molecule has 0 aliphatic rings. The Morgan fingerprint density at radius 3 is 2.44 bits per heavy atom. The Morgan fingerprint density at radius 1 is 1.00 bits per heavy atom. The van der Waals surface area contributed by atoms with Crippen molar-refractivity contribution >= 4 is 22.1 Å². The maximum atomic E-state index is 13.0. The van der Waals surface area contributed by atoms with Gasteiger partial charge in [0.05, 0.1) is 16.9 Å². The topological polar surface area (TPSA) is 38.1 Å². The third kappa shape index (κ3) is 3.70. The Morgan fingerprint density at radius 2 is 1.74 bits per heavy atom. The first-order chi connectivity index (χ1) is 13.1. The summed E-state index contributed by atoms with van der Waals surface area (Å²) in [6.45, 7) is 3.28. The highest BCUT2D eigenvalue weighted by Crippen LogP contribution is 2.28. The first-order valence-corrected chi connectivity index (χ1v) is 9.77. The van der Waals surface area contributed by atoms with Crippen LogP contribution in [0.5, 0.6) is 0 Å². The molecule has 0 bridgehead atoms. The first-order valence-electron chi connectivity index (χ1n) is 8.89. The molecule has 5 heteroatoms. The molecule has 2 heterocycles. The number of rotatable bonds is 5. The Labute approximate surface area is 162 Å². The van der Waals surface area contributed by atoms with E-state index in [1.54, 1.807) is 16.0 Å². The average Bonchev–Trinajstić information content (AvgIpc) is 3.20. The molecule has 0 saturated heterocycles. The van der Waals surface area contributed by atoms with Gasteiger partial charge in [0.1, 0.15) is 5.69 Å². The molecule has 0 amide bonds. The maximum Gasteiger partial charge on any atom is 0.275 e. The molecule has 0 unspecified atom stereocenters. The minimum absolute atomic E-state index is 0.0540. The lowest BCUT2D eigenvalue weighted by Gasteiger charge is -2.18. The number of benzene rings is 2. The van der Waals surface area contributed by atoms with Crippen LogP contribution in [-0.4, -0.2) is 21.7 Å². The number of hydrogen-bond acceptors (Lipinski definition) is 4. The molecule has 4 nitrogen and oxygen atoms in total. The average molecular weight is 375 g/mol. The first kappa shape index (κ1) is 17.6. The zero-order valence-corrected chi connectivity index (χ0v) is 16.2. The van der Waals surface area contributed by atoms with Gasteiger partial charge >= 0.3 is 0 Å². The Balaban J connectivity index is 1.70. The molecule has 2 aromatic heterocycles. The van der Waals surface area contributed by atoms with Gasteiger partial charge in [0, 0.05) is 11.9 Å². The summed E-state index contributed by atoms with van der Waals surface area (Å²) in [5, 5.41) is 8.36.